The van der Waals surface area contributed by atoms with Gasteiger partial charge in [-0.05, 0) is 12.1 Å². The van der Waals surface area contributed by atoms with Crippen LogP contribution in [0.15, 0.2) is 12.1 Å². The summed E-state index contributed by atoms with van der Waals surface area (Å²) in [6.45, 7) is 0. The second-order valence-corrected chi connectivity index (χ2v) is 3.12. The third kappa shape index (κ3) is 4.40. The van der Waals surface area contributed by atoms with E-state index in [1.807, 2.05) is 0 Å². The first-order chi connectivity index (χ1) is 6.54. The van der Waals surface area contributed by atoms with Crippen molar-refractivity contribution in [1.82, 2.24) is 0 Å². The predicted octanol–water partition coefficient (Wildman–Crippen LogP) is -1.47. The molecule has 0 aliphatic heterocycles. The number of halogens is 2. The maximum absolute atomic E-state index is 10.5. The molecular formula is C8H3Cl2KO4. The van der Waals surface area contributed by atoms with Gasteiger partial charge in [-0.15, -0.1) is 0 Å². The molecule has 0 unspecified atom stereocenters. The maximum Gasteiger partial charge on any atom is 1.00 e. The molecule has 1 rings (SSSR count). The van der Waals surface area contributed by atoms with Crippen LogP contribution in [-0.4, -0.2) is 12.4 Å². The molecule has 7 heteroatoms. The van der Waals surface area contributed by atoms with Gasteiger partial charge in [0.25, 0.3) is 6.16 Å². The van der Waals surface area contributed by atoms with Gasteiger partial charge in [-0.25, -0.2) is 0 Å². The van der Waals surface area contributed by atoms with Gasteiger partial charge in [0, 0.05) is 10.6 Å². The third-order valence-corrected chi connectivity index (χ3v) is 1.85. The molecular weight excluding hydrogens is 270 g/mol. The van der Waals surface area contributed by atoms with Gasteiger partial charge < -0.3 is 14.6 Å². The summed E-state index contributed by atoms with van der Waals surface area (Å²) in [6, 6.07) is 2.49. The normalized spacial score (nSPS) is 8.93. The minimum atomic E-state index is -1.79. The zero-order chi connectivity index (χ0) is 10.7. The molecule has 1 aromatic rings. The van der Waals surface area contributed by atoms with Crippen LogP contribution in [0.5, 0.6) is 5.75 Å². The fourth-order valence-electron chi connectivity index (χ4n) is 0.859. The van der Waals surface area contributed by atoms with Crippen molar-refractivity contribution in [2.24, 2.45) is 0 Å². The van der Waals surface area contributed by atoms with E-state index in [0.717, 1.165) is 0 Å². The second kappa shape index (κ2) is 6.85. The molecule has 0 fully saturated rings. The van der Waals surface area contributed by atoms with E-state index in [9.17, 15) is 14.7 Å². The molecule has 0 aliphatic carbocycles. The summed E-state index contributed by atoms with van der Waals surface area (Å²) in [5.41, 5.74) is -0.0494. The largest absolute Gasteiger partial charge is 1.00 e. The number of rotatable bonds is 2. The molecule has 4 nitrogen and oxygen atoms in total. The Morgan fingerprint density at radius 2 is 2.00 bits per heavy atom. The summed E-state index contributed by atoms with van der Waals surface area (Å²) in [5, 5.41) is 10.3. The van der Waals surface area contributed by atoms with Crippen molar-refractivity contribution in [1.29, 1.82) is 0 Å². The third-order valence-electron chi connectivity index (χ3n) is 1.35. The van der Waals surface area contributed by atoms with E-state index in [-0.39, 0.29) is 72.7 Å². The standard InChI is InChI=1S/C8H4Cl2O4.K/c9-5-1-4(3-11)7(6(10)2-5)14-8(12)13;/h1-3H,(H,12,13);/q;+1/p-1. The topological polar surface area (TPSA) is 66.4 Å². The summed E-state index contributed by atoms with van der Waals surface area (Å²) < 4.78 is 4.21. The molecule has 0 aromatic heterocycles. The van der Waals surface area contributed by atoms with E-state index in [1.54, 1.807) is 0 Å². The van der Waals surface area contributed by atoms with E-state index in [4.69, 9.17) is 23.2 Å². The molecule has 0 N–H and O–H groups in total. The smallest absolute Gasteiger partial charge is 0.512 e. The summed E-state index contributed by atoms with van der Waals surface area (Å²) in [4.78, 5) is 20.6. The van der Waals surface area contributed by atoms with Gasteiger partial charge in [0.1, 0.15) is 0 Å². The predicted molar refractivity (Wildman–Crippen MR) is 47.9 cm³/mol. The maximum atomic E-state index is 10.5. The van der Waals surface area contributed by atoms with E-state index in [1.165, 1.54) is 12.1 Å². The van der Waals surface area contributed by atoms with Crippen LogP contribution in [-0.2, 0) is 0 Å². The number of carboxylic acid groups (broad SMARTS) is 1. The van der Waals surface area contributed by atoms with Gasteiger partial charge in [0.15, 0.2) is 6.29 Å². The fraction of sp³-hybridized carbons (Fsp3) is 0. The van der Waals surface area contributed by atoms with Gasteiger partial charge >= 0.3 is 51.4 Å². The molecule has 1 aromatic carbocycles. The number of ether oxygens (including phenoxy) is 1. The van der Waals surface area contributed by atoms with Crippen LogP contribution in [0.4, 0.5) is 4.79 Å². The van der Waals surface area contributed by atoms with Crippen molar-refractivity contribution < 1.29 is 70.8 Å². The van der Waals surface area contributed by atoms with Crippen LogP contribution in [0.1, 0.15) is 10.4 Å². The summed E-state index contributed by atoms with van der Waals surface area (Å²) >= 11 is 11.2. The molecule has 0 heterocycles. The molecule has 74 valence electrons. The Labute approximate surface area is 138 Å². The van der Waals surface area contributed by atoms with Crippen molar-refractivity contribution in [3.05, 3.63) is 27.7 Å². The summed E-state index contributed by atoms with van der Waals surface area (Å²) in [6.07, 6.45) is -1.41. The first-order valence-corrected chi connectivity index (χ1v) is 4.13. The van der Waals surface area contributed by atoms with Crippen LogP contribution in [0, 0.1) is 0 Å². The summed E-state index contributed by atoms with van der Waals surface area (Å²) in [5.74, 6) is -0.272. The minimum Gasteiger partial charge on any atom is -0.512 e. The van der Waals surface area contributed by atoms with Crippen LogP contribution >= 0.6 is 23.2 Å². The number of carbonyl (C=O) groups excluding carboxylic acids is 2. The quantitative estimate of drug-likeness (QED) is 0.286. The van der Waals surface area contributed by atoms with Gasteiger partial charge in [0.05, 0.1) is 10.8 Å². The number of benzene rings is 1. The van der Waals surface area contributed by atoms with E-state index < -0.39 is 6.16 Å². The Morgan fingerprint density at radius 1 is 1.40 bits per heavy atom. The first kappa shape index (κ1) is 15.4. The van der Waals surface area contributed by atoms with Crippen molar-refractivity contribution in [2.45, 2.75) is 0 Å². The van der Waals surface area contributed by atoms with Gasteiger partial charge in [-0.3, -0.25) is 4.79 Å². The Balaban J connectivity index is 0.00000196. The molecule has 0 amide bonds. The number of carbonyl (C=O) groups is 2. The van der Waals surface area contributed by atoms with Gasteiger partial charge in [-0.2, -0.15) is 0 Å². The van der Waals surface area contributed by atoms with Crippen molar-refractivity contribution in [3.63, 3.8) is 0 Å². The average molecular weight is 273 g/mol. The average Bonchev–Trinajstić information content (AvgIpc) is 2.08. The minimum absolute atomic E-state index is 0. The van der Waals surface area contributed by atoms with Crippen molar-refractivity contribution in [3.8, 4) is 5.75 Å². The van der Waals surface area contributed by atoms with E-state index in [2.05, 4.69) is 4.74 Å². The number of hydrogen-bond donors (Lipinski definition) is 0. The molecule has 0 spiro atoms. The van der Waals surface area contributed by atoms with Crippen LogP contribution in [0.3, 0.4) is 0 Å². The number of hydrogen-bond acceptors (Lipinski definition) is 4. The molecule has 0 saturated heterocycles. The Morgan fingerprint density at radius 3 is 2.47 bits per heavy atom. The van der Waals surface area contributed by atoms with E-state index >= 15 is 0 Å². The van der Waals surface area contributed by atoms with Gasteiger partial charge in [0.2, 0.25) is 0 Å². The van der Waals surface area contributed by atoms with Crippen LogP contribution < -0.4 is 61.2 Å². The Kier molecular flexibility index (Phi) is 7.02. The van der Waals surface area contributed by atoms with Crippen molar-refractivity contribution >= 4 is 35.6 Å². The molecule has 0 atom stereocenters. The van der Waals surface area contributed by atoms with Crippen molar-refractivity contribution in [2.75, 3.05) is 0 Å². The molecule has 0 aliphatic rings. The van der Waals surface area contributed by atoms with Crippen LogP contribution in [0.25, 0.3) is 0 Å². The Hall–Kier alpha value is 0.376. The molecule has 0 radical (unpaired) electrons. The van der Waals surface area contributed by atoms with Gasteiger partial charge in [-0.1, -0.05) is 23.2 Å². The molecule has 0 saturated carbocycles. The number of aldehydes is 1. The monoisotopic (exact) mass is 272 g/mol. The molecule has 0 bridgehead atoms. The zero-order valence-corrected chi connectivity index (χ0v) is 12.3. The molecule has 15 heavy (non-hydrogen) atoms. The second-order valence-electron chi connectivity index (χ2n) is 2.28. The zero-order valence-electron chi connectivity index (χ0n) is 7.62. The Bertz CT molecular complexity index is 394. The summed E-state index contributed by atoms with van der Waals surface area (Å²) in [7, 11) is 0. The first-order valence-electron chi connectivity index (χ1n) is 3.37. The SMILES string of the molecule is O=Cc1cc(Cl)cc(Cl)c1OC(=O)[O-].[K+]. The fourth-order valence-corrected chi connectivity index (χ4v) is 1.41. The van der Waals surface area contributed by atoms with E-state index in [0.29, 0.717) is 6.29 Å². The van der Waals surface area contributed by atoms with Crippen LogP contribution in [0.2, 0.25) is 10.0 Å².